The second kappa shape index (κ2) is 11.1. The molecule has 4 aliphatic carbocycles. The van der Waals surface area contributed by atoms with Crippen molar-refractivity contribution in [2.24, 2.45) is 28.6 Å². The zero-order valence-electron chi connectivity index (χ0n) is 23.8. The van der Waals surface area contributed by atoms with E-state index in [1.54, 1.807) is 7.11 Å². The maximum absolute atomic E-state index is 12.4. The largest absolute Gasteiger partial charge is 0.504 e. The van der Waals surface area contributed by atoms with E-state index in [0.717, 1.165) is 51.6 Å². The van der Waals surface area contributed by atoms with Crippen LogP contribution in [0.1, 0.15) is 105 Å². The number of ether oxygens (including phenoxy) is 3. The monoisotopic (exact) mass is 501 g/mol. The van der Waals surface area contributed by atoms with Gasteiger partial charge >= 0.3 is 6.09 Å². The van der Waals surface area contributed by atoms with Gasteiger partial charge in [-0.1, -0.05) is 39.2 Å². The number of allylic oxidation sites excluding steroid dienone is 2. The van der Waals surface area contributed by atoms with E-state index < -0.39 is 0 Å². The minimum absolute atomic E-state index is 0.0571. The number of fused-ring (bicyclic) bond motifs is 5. The summed E-state index contributed by atoms with van der Waals surface area (Å²) in [6, 6.07) is 0. The average molecular weight is 502 g/mol. The molecule has 2 unspecified atom stereocenters. The molecule has 0 bridgehead atoms. The van der Waals surface area contributed by atoms with Crippen LogP contribution >= 0.6 is 0 Å². The van der Waals surface area contributed by atoms with Crippen LogP contribution in [0.3, 0.4) is 0 Å². The molecule has 5 heteroatoms. The number of alkyl carbamates (subject to hydrolysis) is 1. The van der Waals surface area contributed by atoms with Crippen molar-refractivity contribution in [2.45, 2.75) is 117 Å². The zero-order valence-corrected chi connectivity index (χ0v) is 23.8. The minimum Gasteiger partial charge on any atom is -0.504 e. The summed E-state index contributed by atoms with van der Waals surface area (Å²) in [5.74, 6) is 1.74. The summed E-state index contributed by atoms with van der Waals surface area (Å²) >= 11 is 0. The van der Waals surface area contributed by atoms with Gasteiger partial charge in [-0.05, 0) is 106 Å². The van der Waals surface area contributed by atoms with Gasteiger partial charge in [0.1, 0.15) is 6.10 Å². The van der Waals surface area contributed by atoms with E-state index in [1.807, 2.05) is 6.26 Å². The minimum atomic E-state index is -0.259. The Balaban J connectivity index is 1.52. The summed E-state index contributed by atoms with van der Waals surface area (Å²) in [5, 5.41) is 2.94. The van der Waals surface area contributed by atoms with Gasteiger partial charge in [-0.3, -0.25) is 0 Å². The number of carbonyl (C=O) groups is 1. The molecule has 0 aliphatic heterocycles. The van der Waals surface area contributed by atoms with E-state index in [4.69, 9.17) is 14.2 Å². The van der Waals surface area contributed by atoms with E-state index in [-0.39, 0.29) is 28.6 Å². The number of hydrogen-bond acceptors (Lipinski definition) is 4. The Morgan fingerprint density at radius 1 is 1.08 bits per heavy atom. The van der Waals surface area contributed by atoms with Crippen molar-refractivity contribution in [2.75, 3.05) is 20.3 Å². The summed E-state index contributed by atoms with van der Waals surface area (Å²) in [5.41, 5.74) is 3.17. The predicted octanol–water partition coefficient (Wildman–Crippen LogP) is 7.56. The molecular formula is C31H51NO4. The molecule has 3 fully saturated rings. The molecule has 1 amide bonds. The van der Waals surface area contributed by atoms with Gasteiger partial charge in [0.05, 0.1) is 19.0 Å². The Morgan fingerprint density at radius 3 is 2.61 bits per heavy atom. The standard InChI is InChI=1S/C31H51NO4/c1-7-9-10-19-32-28(33)36-24-13-16-29(4)23(20-24)11-12-27-26(29)14-17-30(5)25(22(3)21-34-6)15-18-31(27,30)35-8-2/h20-21,24-27H,7-19H2,1-6H3,(H,32,33)/b22-21+/t24-,25+,26?,27?,29-,30+,31-/m0/s1. The van der Waals surface area contributed by atoms with Crippen LogP contribution in [0, 0.1) is 28.6 Å². The molecule has 0 spiro atoms. The predicted molar refractivity (Wildman–Crippen MR) is 145 cm³/mol. The van der Waals surface area contributed by atoms with Gasteiger partial charge in [-0.25, -0.2) is 4.79 Å². The maximum Gasteiger partial charge on any atom is 0.407 e. The molecule has 0 aromatic carbocycles. The number of unbranched alkanes of at least 4 members (excludes halogenated alkanes) is 2. The van der Waals surface area contributed by atoms with Gasteiger partial charge < -0.3 is 19.5 Å². The third-order valence-electron chi connectivity index (χ3n) is 10.8. The summed E-state index contributed by atoms with van der Waals surface area (Å²) < 4.78 is 18.2. The van der Waals surface area contributed by atoms with Crippen molar-refractivity contribution in [3.8, 4) is 0 Å². The van der Waals surface area contributed by atoms with Crippen LogP contribution in [0.25, 0.3) is 0 Å². The first kappa shape index (κ1) is 27.5. The SMILES string of the molecule is CCCCCNC(=O)O[C@@H]1C=C2CCC3C(CC[C@]4(C)[C@@H](/C(C)=C/OC)CC[C@]34OCC)[C@@]2(C)CC1. The summed E-state index contributed by atoms with van der Waals surface area (Å²) in [6.45, 7) is 13.1. The zero-order chi connectivity index (χ0) is 26.0. The smallest absolute Gasteiger partial charge is 0.407 e. The molecule has 0 aromatic rings. The normalized spacial score (nSPS) is 39.9. The van der Waals surface area contributed by atoms with Crippen molar-refractivity contribution in [1.82, 2.24) is 5.32 Å². The number of carbonyl (C=O) groups excluding carboxylic acids is 1. The van der Waals surface area contributed by atoms with Crippen LogP contribution < -0.4 is 5.32 Å². The van der Waals surface area contributed by atoms with Crippen LogP contribution in [-0.4, -0.2) is 38.1 Å². The van der Waals surface area contributed by atoms with Crippen LogP contribution in [0.5, 0.6) is 0 Å². The van der Waals surface area contributed by atoms with Crippen molar-refractivity contribution in [3.05, 3.63) is 23.5 Å². The first-order valence-electron chi connectivity index (χ1n) is 14.7. The molecule has 5 nitrogen and oxygen atoms in total. The molecule has 1 N–H and O–H groups in total. The highest BCUT2D eigenvalue weighted by Crippen LogP contribution is 2.70. The van der Waals surface area contributed by atoms with Gasteiger partial charge in [-0.15, -0.1) is 0 Å². The van der Waals surface area contributed by atoms with E-state index in [0.29, 0.717) is 24.3 Å². The molecule has 7 atom stereocenters. The molecule has 4 aliphatic rings. The van der Waals surface area contributed by atoms with Crippen molar-refractivity contribution < 1.29 is 19.0 Å². The Labute approximate surface area is 219 Å². The molecule has 4 rings (SSSR count). The highest BCUT2D eigenvalue weighted by molar-refractivity contribution is 5.67. The van der Waals surface area contributed by atoms with E-state index in [2.05, 4.69) is 46.0 Å². The molecule has 3 saturated carbocycles. The lowest BCUT2D eigenvalue weighted by Crippen LogP contribution is -2.62. The summed E-state index contributed by atoms with van der Waals surface area (Å²) in [6.07, 6.45) is 16.3. The number of amides is 1. The van der Waals surface area contributed by atoms with Crippen molar-refractivity contribution in [1.29, 1.82) is 0 Å². The first-order chi connectivity index (χ1) is 17.3. The number of methoxy groups -OCH3 is 1. The Morgan fingerprint density at radius 2 is 1.89 bits per heavy atom. The second-order valence-corrected chi connectivity index (χ2v) is 12.4. The maximum atomic E-state index is 12.4. The molecule has 36 heavy (non-hydrogen) atoms. The Hall–Kier alpha value is -1.49. The molecule has 0 aromatic heterocycles. The van der Waals surface area contributed by atoms with E-state index in [1.165, 1.54) is 36.8 Å². The van der Waals surface area contributed by atoms with Crippen LogP contribution in [0.2, 0.25) is 0 Å². The molecule has 0 heterocycles. The fraction of sp³-hybridized carbons (Fsp3) is 0.839. The first-order valence-corrected chi connectivity index (χ1v) is 14.7. The molecule has 204 valence electrons. The fourth-order valence-electron chi connectivity index (χ4n) is 9.07. The van der Waals surface area contributed by atoms with Gasteiger partial charge in [0.15, 0.2) is 0 Å². The van der Waals surface area contributed by atoms with Gasteiger partial charge in [0.2, 0.25) is 0 Å². The third-order valence-corrected chi connectivity index (χ3v) is 10.8. The topological polar surface area (TPSA) is 56.8 Å². The van der Waals surface area contributed by atoms with Crippen LogP contribution in [-0.2, 0) is 14.2 Å². The second-order valence-electron chi connectivity index (χ2n) is 12.4. The third kappa shape index (κ3) is 4.63. The Kier molecular flexibility index (Phi) is 8.49. The van der Waals surface area contributed by atoms with Crippen LogP contribution in [0.4, 0.5) is 4.79 Å². The van der Waals surface area contributed by atoms with Gasteiger partial charge in [-0.2, -0.15) is 0 Å². The highest BCUT2D eigenvalue weighted by Gasteiger charge is 2.67. The van der Waals surface area contributed by atoms with E-state index >= 15 is 0 Å². The lowest BCUT2D eigenvalue weighted by Gasteiger charge is -2.63. The van der Waals surface area contributed by atoms with E-state index in [9.17, 15) is 4.79 Å². The lowest BCUT2D eigenvalue weighted by atomic mass is 9.45. The molecule has 0 saturated heterocycles. The quantitative estimate of drug-likeness (QED) is 0.201. The summed E-state index contributed by atoms with van der Waals surface area (Å²) in [4.78, 5) is 12.4. The molecule has 0 radical (unpaired) electrons. The van der Waals surface area contributed by atoms with Crippen molar-refractivity contribution >= 4 is 6.09 Å². The highest BCUT2D eigenvalue weighted by atomic mass is 16.6. The number of nitrogens with one attached hydrogen (secondary N) is 1. The van der Waals surface area contributed by atoms with Gasteiger partial charge in [0.25, 0.3) is 0 Å². The lowest BCUT2D eigenvalue weighted by molar-refractivity contribution is -0.210. The summed E-state index contributed by atoms with van der Waals surface area (Å²) in [7, 11) is 1.76. The van der Waals surface area contributed by atoms with Crippen LogP contribution in [0.15, 0.2) is 23.5 Å². The number of hydrogen-bond donors (Lipinski definition) is 1. The molecular weight excluding hydrogens is 450 g/mol. The average Bonchev–Trinajstić information content (AvgIpc) is 3.15. The van der Waals surface area contributed by atoms with Crippen molar-refractivity contribution in [3.63, 3.8) is 0 Å². The van der Waals surface area contributed by atoms with Gasteiger partial charge in [0, 0.05) is 18.6 Å². The Bertz CT molecular complexity index is 852. The number of rotatable bonds is 9. The fourth-order valence-corrected chi connectivity index (χ4v) is 9.07.